The minimum atomic E-state index is -3.31. The van der Waals surface area contributed by atoms with E-state index in [2.05, 4.69) is 23.2 Å². The third-order valence-corrected chi connectivity index (χ3v) is 0.446. The first-order chi connectivity index (χ1) is 7.66. The first kappa shape index (κ1) is 37.2. The van der Waals surface area contributed by atoms with Crippen LogP contribution in [-0.2, 0) is 0 Å². The standard InChI is InChI=1S/C2H2BrF3.C2HF3.2CH2ClF.K.H2O/c3-2(5,6)1-4;3-1-2(4)5;2*2-1-3;;/h1H2;1H;2*1H2;;1H2/q;;;;+1;/p-1. The fourth-order valence-corrected chi connectivity index (χ4v) is 0. The average molecular weight is 438 g/mol. The van der Waals surface area contributed by atoms with E-state index < -0.39 is 36.2 Å². The smallest absolute Gasteiger partial charge is 0.870 e. The van der Waals surface area contributed by atoms with Gasteiger partial charge < -0.3 is 5.48 Å². The van der Waals surface area contributed by atoms with Gasteiger partial charge in [-0.15, -0.1) is 0 Å². The van der Waals surface area contributed by atoms with E-state index in [0.717, 1.165) is 0 Å². The van der Waals surface area contributed by atoms with Gasteiger partial charge in [0.2, 0.25) is 0 Å². The first-order valence-corrected chi connectivity index (χ1v) is 5.00. The minimum absolute atomic E-state index is 0. The zero-order valence-corrected chi connectivity index (χ0v) is 15.5. The molecule has 0 aromatic heterocycles. The predicted molar refractivity (Wildman–Crippen MR) is 56.8 cm³/mol. The van der Waals surface area contributed by atoms with Crippen LogP contribution >= 0.6 is 39.1 Å². The van der Waals surface area contributed by atoms with E-state index >= 15 is 0 Å². The molecule has 0 radical (unpaired) electrons. The summed E-state index contributed by atoms with van der Waals surface area (Å²) in [6, 6.07) is 0. The molecular weight excluding hydrogens is 430 g/mol. The van der Waals surface area contributed by atoms with E-state index in [1.165, 1.54) is 0 Å². The van der Waals surface area contributed by atoms with E-state index in [1.807, 2.05) is 0 Å². The Bertz CT molecular complexity index is 157. The fourth-order valence-electron chi connectivity index (χ4n) is 0. The zero-order chi connectivity index (χ0) is 14.9. The SMILES string of the molecule is FC=C(F)F.FCC(F)(F)Br.FCCl.FCCl.[K+].[OH-]. The minimum Gasteiger partial charge on any atom is -0.870 e. The monoisotopic (exact) mass is 436 g/mol. The van der Waals surface area contributed by atoms with Crippen LogP contribution in [0.2, 0.25) is 0 Å². The van der Waals surface area contributed by atoms with Gasteiger partial charge in [-0.3, -0.25) is 0 Å². The van der Waals surface area contributed by atoms with Gasteiger partial charge in [0, 0.05) is 0 Å². The third-order valence-electron chi connectivity index (χ3n) is 0.234. The van der Waals surface area contributed by atoms with Crippen LogP contribution in [-0.4, -0.2) is 29.3 Å². The molecule has 0 saturated heterocycles. The summed E-state index contributed by atoms with van der Waals surface area (Å²) in [7, 11) is 0. The van der Waals surface area contributed by atoms with E-state index in [9.17, 15) is 35.1 Å². The number of alkyl halides is 8. The molecule has 0 saturated carbocycles. The Balaban J connectivity index is -0.0000000299. The first-order valence-electron chi connectivity index (χ1n) is 3.14. The largest absolute Gasteiger partial charge is 1.00 e. The molecule has 0 aromatic carbocycles. The van der Waals surface area contributed by atoms with E-state index in [4.69, 9.17) is 0 Å². The number of halogens is 11. The van der Waals surface area contributed by atoms with Crippen molar-refractivity contribution in [1.82, 2.24) is 0 Å². The van der Waals surface area contributed by atoms with Crippen LogP contribution in [0.3, 0.4) is 0 Å². The van der Waals surface area contributed by atoms with Gasteiger partial charge in [-0.25, -0.2) is 17.6 Å². The zero-order valence-electron chi connectivity index (χ0n) is 9.30. The van der Waals surface area contributed by atoms with Crippen molar-refractivity contribution in [3.8, 4) is 0 Å². The van der Waals surface area contributed by atoms with Crippen LogP contribution in [0.1, 0.15) is 0 Å². The molecule has 0 heterocycles. The molecule has 0 aromatic rings. The molecule has 0 aliphatic heterocycles. The van der Waals surface area contributed by atoms with Crippen LogP contribution in [0, 0.1) is 0 Å². The molecule has 19 heavy (non-hydrogen) atoms. The van der Waals surface area contributed by atoms with Gasteiger partial charge in [0.05, 0.1) is 0 Å². The molecular formula is C6H8BrCl2F8KO. The molecule has 13 heteroatoms. The maximum absolute atomic E-state index is 11.0. The van der Waals surface area contributed by atoms with Gasteiger partial charge in [-0.1, -0.05) is 23.2 Å². The number of hydrogen-bond donors (Lipinski definition) is 0. The van der Waals surface area contributed by atoms with E-state index in [-0.39, 0.29) is 56.9 Å². The van der Waals surface area contributed by atoms with E-state index in [1.54, 1.807) is 15.9 Å². The summed E-state index contributed by atoms with van der Waals surface area (Å²) in [6.07, 6.45) is -4.59. The topological polar surface area (TPSA) is 30.0 Å². The number of rotatable bonds is 1. The van der Waals surface area contributed by atoms with Crippen LogP contribution < -0.4 is 51.4 Å². The van der Waals surface area contributed by atoms with E-state index in [0.29, 0.717) is 0 Å². The molecule has 1 N–H and O–H groups in total. The fraction of sp³-hybridized carbons (Fsp3) is 0.667. The Morgan fingerprint density at radius 1 is 1.05 bits per heavy atom. The van der Waals surface area contributed by atoms with Crippen LogP contribution in [0.15, 0.2) is 12.4 Å². The van der Waals surface area contributed by atoms with Gasteiger partial charge in [0.1, 0.15) is 0 Å². The van der Waals surface area contributed by atoms with Gasteiger partial charge in [0.25, 0.3) is 6.08 Å². The summed E-state index contributed by atoms with van der Waals surface area (Å²) in [4.78, 5) is -3.31. The molecule has 116 valence electrons. The van der Waals surface area contributed by atoms with Gasteiger partial charge in [0.15, 0.2) is 25.3 Å². The van der Waals surface area contributed by atoms with Gasteiger partial charge in [-0.2, -0.15) is 17.6 Å². The van der Waals surface area contributed by atoms with Gasteiger partial charge >= 0.3 is 56.2 Å². The third kappa shape index (κ3) is 135. The Morgan fingerprint density at radius 3 is 1.16 bits per heavy atom. The molecule has 0 spiro atoms. The molecule has 0 aliphatic carbocycles. The second kappa shape index (κ2) is 32.0. The second-order valence-electron chi connectivity index (χ2n) is 1.35. The molecule has 0 aliphatic rings. The maximum Gasteiger partial charge on any atom is 1.00 e. The summed E-state index contributed by atoms with van der Waals surface area (Å²) in [5.41, 5.74) is 0. The normalized spacial score (nSPS) is 7.53. The van der Waals surface area contributed by atoms with Crippen LogP contribution in [0.25, 0.3) is 0 Å². The summed E-state index contributed by atoms with van der Waals surface area (Å²) >= 11 is 10.4. The molecule has 0 bridgehead atoms. The molecule has 0 fully saturated rings. The molecule has 0 unspecified atom stereocenters. The average Bonchev–Trinajstić information content (AvgIpc) is 2.20. The Labute approximate surface area is 165 Å². The summed E-state index contributed by atoms with van der Waals surface area (Å²) in [5.74, 6) is 0. The van der Waals surface area contributed by atoms with Crippen molar-refractivity contribution >= 4 is 39.1 Å². The Morgan fingerprint density at radius 2 is 1.16 bits per heavy atom. The van der Waals surface area contributed by atoms with Crippen LogP contribution in [0.4, 0.5) is 35.1 Å². The Kier molecular flexibility index (Phi) is 62.7. The van der Waals surface area contributed by atoms with Crippen molar-refractivity contribution in [3.05, 3.63) is 12.4 Å². The molecule has 0 atom stereocenters. The molecule has 1 nitrogen and oxygen atoms in total. The van der Waals surface area contributed by atoms with Crippen LogP contribution in [0.5, 0.6) is 0 Å². The summed E-state index contributed by atoms with van der Waals surface area (Å²) in [5, 5.41) is 0. The second-order valence-corrected chi connectivity index (χ2v) is 2.91. The van der Waals surface area contributed by atoms with Crippen molar-refractivity contribution < 1.29 is 92.0 Å². The molecule has 0 rings (SSSR count). The predicted octanol–water partition coefficient (Wildman–Crippen LogP) is 2.77. The van der Waals surface area contributed by atoms with Crippen molar-refractivity contribution in [2.75, 3.05) is 18.9 Å². The quantitative estimate of drug-likeness (QED) is 0.352. The van der Waals surface area contributed by atoms with Gasteiger partial charge in [-0.05, 0) is 15.9 Å². The summed E-state index contributed by atoms with van der Waals surface area (Å²) < 4.78 is 83.5. The van der Waals surface area contributed by atoms with Crippen molar-refractivity contribution in [2.24, 2.45) is 0 Å². The number of hydrogen-bond acceptors (Lipinski definition) is 1. The van der Waals surface area contributed by atoms with Crippen molar-refractivity contribution in [1.29, 1.82) is 0 Å². The van der Waals surface area contributed by atoms with Crippen molar-refractivity contribution in [2.45, 2.75) is 4.83 Å². The summed E-state index contributed by atoms with van der Waals surface area (Å²) in [6.45, 7) is -1.65. The molecule has 0 amide bonds. The maximum atomic E-state index is 11.0. The Hall–Kier alpha value is 1.84. The van der Waals surface area contributed by atoms with Crippen molar-refractivity contribution in [3.63, 3.8) is 0 Å².